The Bertz CT molecular complexity index is 1150. The number of hydrogen-bond donors (Lipinski definition) is 3. The Morgan fingerprint density at radius 2 is 1.68 bits per heavy atom. The van der Waals surface area contributed by atoms with Crippen molar-refractivity contribution >= 4 is 17.8 Å². The summed E-state index contributed by atoms with van der Waals surface area (Å²) in [7, 11) is 3.13. The number of benzene rings is 1. The van der Waals surface area contributed by atoms with E-state index in [4.69, 9.17) is 14.2 Å². The van der Waals surface area contributed by atoms with Gasteiger partial charge in [0, 0.05) is 25.3 Å². The van der Waals surface area contributed by atoms with Gasteiger partial charge in [-0.2, -0.15) is 0 Å². The van der Waals surface area contributed by atoms with Gasteiger partial charge < -0.3 is 30.0 Å². The van der Waals surface area contributed by atoms with E-state index in [0.717, 1.165) is 37.7 Å². The van der Waals surface area contributed by atoms with Crippen molar-refractivity contribution in [3.05, 3.63) is 23.3 Å². The van der Waals surface area contributed by atoms with Crippen LogP contribution in [0.4, 0.5) is 0 Å². The van der Waals surface area contributed by atoms with Crippen LogP contribution in [0.15, 0.2) is 12.1 Å². The van der Waals surface area contributed by atoms with Crippen molar-refractivity contribution in [1.29, 1.82) is 0 Å². The van der Waals surface area contributed by atoms with E-state index >= 15 is 0 Å². The second-order valence-electron chi connectivity index (χ2n) is 13.5. The number of aliphatic carboxylic acids is 1. The Kier molecular flexibility index (Phi) is 8.56. The number of carbonyl (C=O) groups excluding carboxylic acids is 2. The van der Waals surface area contributed by atoms with Crippen LogP contribution in [-0.4, -0.2) is 55.8 Å². The molecule has 4 aliphatic rings. The molecule has 9 nitrogen and oxygen atoms in total. The number of fused-ring (bicyclic) bond motifs is 2. The smallest absolute Gasteiger partial charge is 0.309 e. The van der Waals surface area contributed by atoms with Crippen molar-refractivity contribution in [2.75, 3.05) is 20.8 Å². The Balaban J connectivity index is 1.32. The van der Waals surface area contributed by atoms with E-state index in [2.05, 4.69) is 17.6 Å². The van der Waals surface area contributed by atoms with E-state index in [1.54, 1.807) is 26.2 Å². The maximum Gasteiger partial charge on any atom is 0.309 e. The predicted octanol–water partition coefficient (Wildman–Crippen LogP) is 4.70. The molecule has 0 spiro atoms. The highest BCUT2D eigenvalue weighted by Crippen LogP contribution is 2.49. The minimum absolute atomic E-state index is 0.0627. The lowest BCUT2D eigenvalue weighted by Crippen LogP contribution is -2.51. The molecule has 41 heavy (non-hydrogen) atoms. The third-order valence-electron chi connectivity index (χ3n) is 10.5. The fourth-order valence-corrected chi connectivity index (χ4v) is 7.55. The molecule has 1 aromatic rings. The topological polar surface area (TPSA) is 123 Å². The highest BCUT2D eigenvalue weighted by molar-refractivity contribution is 5.98. The number of methoxy groups -OCH3 is 2. The zero-order valence-electron chi connectivity index (χ0n) is 24.9. The van der Waals surface area contributed by atoms with E-state index in [0.29, 0.717) is 61.1 Å². The van der Waals surface area contributed by atoms with Crippen molar-refractivity contribution in [1.82, 2.24) is 10.6 Å². The average Bonchev–Trinajstić information content (AvgIpc) is 3.54. The van der Waals surface area contributed by atoms with Gasteiger partial charge in [0.05, 0.1) is 36.7 Å². The van der Waals surface area contributed by atoms with Gasteiger partial charge >= 0.3 is 5.97 Å². The molecule has 0 saturated heterocycles. The van der Waals surface area contributed by atoms with Gasteiger partial charge in [-0.25, -0.2) is 0 Å². The Morgan fingerprint density at radius 3 is 2.29 bits per heavy atom. The second-order valence-corrected chi connectivity index (χ2v) is 13.5. The summed E-state index contributed by atoms with van der Waals surface area (Å²) >= 11 is 0. The number of carboxylic acids is 1. The summed E-state index contributed by atoms with van der Waals surface area (Å²) in [4.78, 5) is 38.9. The Morgan fingerprint density at radius 1 is 0.976 bits per heavy atom. The molecule has 4 fully saturated rings. The third-order valence-corrected chi connectivity index (χ3v) is 10.5. The van der Waals surface area contributed by atoms with Crippen molar-refractivity contribution in [2.24, 2.45) is 28.6 Å². The zero-order valence-corrected chi connectivity index (χ0v) is 24.9. The molecule has 4 atom stereocenters. The number of carbonyl (C=O) groups is 3. The number of amides is 2. The van der Waals surface area contributed by atoms with E-state index < -0.39 is 11.4 Å². The van der Waals surface area contributed by atoms with Crippen LogP contribution in [0.1, 0.15) is 94.0 Å². The lowest BCUT2D eigenvalue weighted by Gasteiger charge is -2.39. The number of rotatable bonds is 11. The fourth-order valence-electron chi connectivity index (χ4n) is 7.55. The van der Waals surface area contributed by atoms with Crippen LogP contribution < -0.4 is 20.1 Å². The van der Waals surface area contributed by atoms with Crippen LogP contribution in [-0.2, 0) is 20.9 Å². The molecule has 1 aromatic carbocycles. The monoisotopic (exact) mass is 570 g/mol. The second kappa shape index (κ2) is 11.8. The number of hydrogen-bond acceptors (Lipinski definition) is 6. The fraction of sp³-hybridized carbons (Fsp3) is 0.719. The average molecular weight is 571 g/mol. The Hall–Kier alpha value is -2.81. The standard InChI is InChI=1S/C32H46N2O7/c1-31(10-5-11-31)18-33-29(36)26-19-6-7-20(14-19)27(26)34-28(35)23-16-24(21(17-39-3)15-25(23)40-4)41-22-8-12-32(2,13-9-22)30(37)38/h15-16,19-20,22,26-27H,5-14,17-18H2,1-4H3,(H,33,36)(H,34,35)(H,37,38)/t19-,20+,22-,26+,27-,32+/m1/s1. The van der Waals surface area contributed by atoms with Crippen molar-refractivity contribution < 1.29 is 33.7 Å². The summed E-state index contributed by atoms with van der Waals surface area (Å²) in [5, 5.41) is 16.0. The summed E-state index contributed by atoms with van der Waals surface area (Å²) in [5.74, 6) is 0.341. The molecule has 226 valence electrons. The first-order valence-electron chi connectivity index (χ1n) is 15.2. The summed E-state index contributed by atoms with van der Waals surface area (Å²) < 4.78 is 17.4. The first-order chi connectivity index (χ1) is 19.6. The molecule has 2 amide bonds. The van der Waals surface area contributed by atoms with Crippen LogP contribution in [0.2, 0.25) is 0 Å². The molecule has 4 saturated carbocycles. The Labute approximate surface area is 243 Å². The van der Waals surface area contributed by atoms with Gasteiger partial charge in [0.15, 0.2) is 0 Å². The normalized spacial score (nSPS) is 31.7. The first kappa shape index (κ1) is 29.7. The minimum Gasteiger partial charge on any atom is -0.496 e. The van der Waals surface area contributed by atoms with Crippen molar-refractivity contribution in [3.63, 3.8) is 0 Å². The lowest BCUT2D eigenvalue weighted by molar-refractivity contribution is -0.150. The minimum atomic E-state index is -0.774. The van der Waals surface area contributed by atoms with Crippen LogP contribution >= 0.6 is 0 Å². The largest absolute Gasteiger partial charge is 0.496 e. The molecule has 9 heteroatoms. The summed E-state index contributed by atoms with van der Waals surface area (Å²) in [6, 6.07) is 3.28. The molecular weight excluding hydrogens is 524 g/mol. The highest BCUT2D eigenvalue weighted by Gasteiger charge is 2.51. The number of carboxylic acid groups (broad SMARTS) is 1. The molecule has 3 N–H and O–H groups in total. The number of nitrogens with one attached hydrogen (secondary N) is 2. The lowest BCUT2D eigenvalue weighted by atomic mass is 9.70. The van der Waals surface area contributed by atoms with Gasteiger partial charge in [-0.15, -0.1) is 0 Å². The van der Waals surface area contributed by atoms with Crippen molar-refractivity contribution in [3.8, 4) is 11.5 Å². The SMILES string of the molecule is COCc1cc(OC)c(C(=O)N[C@@H]2[C@H]3CC[C@H](C3)[C@@H]2C(=O)NCC2(C)CCC2)cc1O[C@H]1CC[C@@](C)(C(=O)O)CC1. The van der Waals surface area contributed by atoms with Crippen LogP contribution in [0.5, 0.6) is 11.5 Å². The molecule has 0 radical (unpaired) electrons. The molecular formula is C32H46N2O7. The molecule has 2 bridgehead atoms. The highest BCUT2D eigenvalue weighted by atomic mass is 16.5. The zero-order chi connectivity index (χ0) is 29.4. The van der Waals surface area contributed by atoms with Gasteiger partial charge in [-0.1, -0.05) is 13.3 Å². The van der Waals surface area contributed by atoms with Gasteiger partial charge in [-0.05, 0) is 94.1 Å². The van der Waals surface area contributed by atoms with Crippen LogP contribution in [0.3, 0.4) is 0 Å². The van der Waals surface area contributed by atoms with Gasteiger partial charge in [0.1, 0.15) is 11.5 Å². The predicted molar refractivity (Wildman–Crippen MR) is 153 cm³/mol. The third kappa shape index (κ3) is 6.06. The summed E-state index contributed by atoms with van der Waals surface area (Å²) in [6.45, 7) is 4.99. The maximum absolute atomic E-state index is 13.8. The van der Waals surface area contributed by atoms with Gasteiger partial charge in [-0.3, -0.25) is 14.4 Å². The van der Waals surface area contributed by atoms with Gasteiger partial charge in [0.25, 0.3) is 5.91 Å². The quantitative estimate of drug-likeness (QED) is 0.352. The van der Waals surface area contributed by atoms with Crippen LogP contribution in [0.25, 0.3) is 0 Å². The molecule has 0 aliphatic heterocycles. The molecule has 4 aliphatic carbocycles. The maximum atomic E-state index is 13.8. The van der Waals surface area contributed by atoms with E-state index in [9.17, 15) is 19.5 Å². The summed E-state index contributed by atoms with van der Waals surface area (Å²) in [5.41, 5.74) is 0.579. The van der Waals surface area contributed by atoms with Crippen molar-refractivity contribution in [2.45, 2.75) is 96.8 Å². The van der Waals surface area contributed by atoms with Gasteiger partial charge in [0.2, 0.25) is 5.91 Å². The molecule has 0 heterocycles. The summed E-state index contributed by atoms with van der Waals surface area (Å²) in [6.07, 6.45) is 8.67. The van der Waals surface area contributed by atoms with Crippen LogP contribution in [0, 0.1) is 28.6 Å². The molecule has 5 rings (SSSR count). The molecule has 0 aromatic heterocycles. The van der Waals surface area contributed by atoms with E-state index in [1.807, 2.05) is 0 Å². The first-order valence-corrected chi connectivity index (χ1v) is 15.2. The number of ether oxygens (including phenoxy) is 3. The van der Waals surface area contributed by atoms with E-state index in [-0.39, 0.29) is 41.9 Å². The molecule has 0 unspecified atom stereocenters. The van der Waals surface area contributed by atoms with E-state index in [1.165, 1.54) is 13.5 Å².